The van der Waals surface area contributed by atoms with E-state index in [4.69, 9.17) is 9.47 Å². The molecule has 2 aromatic rings. The van der Waals surface area contributed by atoms with Crippen molar-refractivity contribution in [1.82, 2.24) is 9.80 Å². The maximum Gasteiger partial charge on any atom is 0.255 e. The predicted molar refractivity (Wildman–Crippen MR) is 131 cm³/mol. The van der Waals surface area contributed by atoms with Gasteiger partial charge in [0.25, 0.3) is 11.8 Å². The number of hydrogen-bond acceptors (Lipinski definition) is 4. The normalized spacial score (nSPS) is 16.2. The first kappa shape index (κ1) is 24.9. The van der Waals surface area contributed by atoms with Gasteiger partial charge in [-0.15, -0.1) is 0 Å². The predicted octanol–water partition coefficient (Wildman–Crippen LogP) is 4.46. The molecule has 32 heavy (non-hydrogen) atoms. The Morgan fingerprint density at radius 3 is 1.69 bits per heavy atom. The van der Waals surface area contributed by atoms with Gasteiger partial charge in [0.1, 0.15) is 0 Å². The standard InChI is InChI=1S/2C12H14BrNO2/c1-9-2-3-11(13)10(8-9)12(15)14-4-6-16-7-5-14;1-9-2-3-10(11(13)8-9)12(15)14-4-6-16-7-5-14/h2*2-3,8H,4-7H2,1H3. The van der Waals surface area contributed by atoms with Crippen LogP contribution in [0.2, 0.25) is 0 Å². The second-order valence-corrected chi connectivity index (χ2v) is 9.48. The molecule has 4 rings (SSSR count). The number of aryl methyl sites for hydroxylation is 2. The highest BCUT2D eigenvalue weighted by atomic mass is 79.9. The molecule has 2 amide bonds. The van der Waals surface area contributed by atoms with E-state index in [0.717, 1.165) is 31.2 Å². The molecule has 2 saturated heterocycles. The van der Waals surface area contributed by atoms with Crippen LogP contribution in [-0.4, -0.2) is 74.2 Å². The van der Waals surface area contributed by atoms with Crippen molar-refractivity contribution in [3.63, 3.8) is 0 Å². The number of rotatable bonds is 2. The van der Waals surface area contributed by atoms with E-state index in [1.165, 1.54) is 0 Å². The largest absolute Gasteiger partial charge is 0.378 e. The highest BCUT2D eigenvalue weighted by molar-refractivity contribution is 9.10. The third-order valence-electron chi connectivity index (χ3n) is 5.30. The SMILES string of the molecule is Cc1ccc(Br)c(C(=O)N2CCOCC2)c1.Cc1ccc(C(=O)N2CCOCC2)c(Br)c1. The lowest BCUT2D eigenvalue weighted by Crippen LogP contribution is -2.40. The molecule has 8 heteroatoms. The number of benzene rings is 2. The minimum Gasteiger partial charge on any atom is -0.378 e. The Morgan fingerprint density at radius 2 is 1.16 bits per heavy atom. The molecule has 2 aliphatic rings. The Hall–Kier alpha value is -1.74. The van der Waals surface area contributed by atoms with Crippen molar-refractivity contribution < 1.29 is 19.1 Å². The fraction of sp³-hybridized carbons (Fsp3) is 0.417. The molecule has 0 N–H and O–H groups in total. The molecule has 0 spiro atoms. The van der Waals surface area contributed by atoms with Crippen molar-refractivity contribution in [3.05, 3.63) is 67.6 Å². The molecule has 0 unspecified atom stereocenters. The van der Waals surface area contributed by atoms with E-state index >= 15 is 0 Å². The number of carbonyl (C=O) groups is 2. The summed E-state index contributed by atoms with van der Waals surface area (Å²) in [7, 11) is 0. The van der Waals surface area contributed by atoms with Crippen LogP contribution < -0.4 is 0 Å². The number of halogens is 2. The van der Waals surface area contributed by atoms with E-state index in [0.29, 0.717) is 52.6 Å². The highest BCUT2D eigenvalue weighted by Crippen LogP contribution is 2.21. The van der Waals surface area contributed by atoms with Gasteiger partial charge in [0.15, 0.2) is 0 Å². The van der Waals surface area contributed by atoms with E-state index in [2.05, 4.69) is 31.9 Å². The summed E-state index contributed by atoms with van der Waals surface area (Å²) in [6.45, 7) is 9.25. The van der Waals surface area contributed by atoms with Gasteiger partial charge in [-0.2, -0.15) is 0 Å². The zero-order valence-corrected chi connectivity index (χ0v) is 21.6. The molecule has 0 aromatic heterocycles. The van der Waals surface area contributed by atoms with Gasteiger partial charge in [0, 0.05) is 35.1 Å². The summed E-state index contributed by atoms with van der Waals surface area (Å²) in [5.74, 6) is 0.161. The van der Waals surface area contributed by atoms with E-state index in [1.807, 2.05) is 60.0 Å². The zero-order chi connectivity index (χ0) is 23.1. The average Bonchev–Trinajstić information content (AvgIpc) is 2.81. The third-order valence-corrected chi connectivity index (χ3v) is 6.65. The van der Waals surface area contributed by atoms with Crippen LogP contribution in [0.25, 0.3) is 0 Å². The average molecular weight is 568 g/mol. The number of ether oxygens (including phenoxy) is 2. The van der Waals surface area contributed by atoms with E-state index in [1.54, 1.807) is 0 Å². The fourth-order valence-corrected chi connectivity index (χ4v) is 4.55. The Bertz CT molecular complexity index is 955. The Kier molecular flexibility index (Phi) is 9.28. The number of carbonyl (C=O) groups excluding carboxylic acids is 2. The molecule has 0 radical (unpaired) electrons. The van der Waals surface area contributed by atoms with Gasteiger partial charge >= 0.3 is 0 Å². The van der Waals surface area contributed by atoms with Crippen molar-refractivity contribution in [2.24, 2.45) is 0 Å². The van der Waals surface area contributed by atoms with E-state index in [-0.39, 0.29) is 11.8 Å². The molecule has 2 fully saturated rings. The molecule has 2 aliphatic heterocycles. The van der Waals surface area contributed by atoms with Gasteiger partial charge in [-0.25, -0.2) is 0 Å². The van der Waals surface area contributed by atoms with Crippen LogP contribution in [0.4, 0.5) is 0 Å². The van der Waals surface area contributed by atoms with Crippen LogP contribution >= 0.6 is 31.9 Å². The van der Waals surface area contributed by atoms with Crippen LogP contribution in [0.3, 0.4) is 0 Å². The van der Waals surface area contributed by atoms with E-state index < -0.39 is 0 Å². The maximum atomic E-state index is 12.2. The molecule has 6 nitrogen and oxygen atoms in total. The number of morpholine rings is 2. The van der Waals surface area contributed by atoms with Crippen LogP contribution in [-0.2, 0) is 9.47 Å². The van der Waals surface area contributed by atoms with Crippen LogP contribution in [0, 0.1) is 13.8 Å². The first-order valence-corrected chi connectivity index (χ1v) is 12.2. The Morgan fingerprint density at radius 1 is 0.688 bits per heavy atom. The Balaban J connectivity index is 0.000000181. The molecule has 2 aromatic carbocycles. The smallest absolute Gasteiger partial charge is 0.255 e. The first-order chi connectivity index (χ1) is 15.4. The lowest BCUT2D eigenvalue weighted by molar-refractivity contribution is 0.0300. The lowest BCUT2D eigenvalue weighted by Gasteiger charge is -2.27. The molecule has 172 valence electrons. The van der Waals surface area contributed by atoms with E-state index in [9.17, 15) is 9.59 Å². The summed E-state index contributed by atoms with van der Waals surface area (Å²) < 4.78 is 12.2. The summed E-state index contributed by atoms with van der Waals surface area (Å²) in [6, 6.07) is 11.6. The van der Waals surface area contributed by atoms with Gasteiger partial charge < -0.3 is 19.3 Å². The molecule has 0 saturated carbocycles. The van der Waals surface area contributed by atoms with Crippen LogP contribution in [0.5, 0.6) is 0 Å². The summed E-state index contributed by atoms with van der Waals surface area (Å²) in [5, 5.41) is 0. The van der Waals surface area contributed by atoms with Crippen LogP contribution in [0.1, 0.15) is 31.8 Å². The minimum atomic E-state index is 0.0789. The fourth-order valence-electron chi connectivity index (χ4n) is 3.47. The van der Waals surface area contributed by atoms with Gasteiger partial charge in [0.2, 0.25) is 0 Å². The highest BCUT2D eigenvalue weighted by Gasteiger charge is 2.21. The second-order valence-electron chi connectivity index (χ2n) is 7.78. The second kappa shape index (κ2) is 11.9. The van der Waals surface area contributed by atoms with Gasteiger partial charge in [-0.3, -0.25) is 9.59 Å². The molecule has 0 aliphatic carbocycles. The zero-order valence-electron chi connectivity index (χ0n) is 18.4. The topological polar surface area (TPSA) is 59.1 Å². The molecular weight excluding hydrogens is 540 g/mol. The molecule has 0 bridgehead atoms. The lowest BCUT2D eigenvalue weighted by atomic mass is 10.1. The molecule has 0 atom stereocenters. The summed E-state index contributed by atoms with van der Waals surface area (Å²) >= 11 is 6.85. The van der Waals surface area contributed by atoms with Gasteiger partial charge in [0.05, 0.1) is 37.6 Å². The minimum absolute atomic E-state index is 0.0789. The van der Waals surface area contributed by atoms with Crippen molar-refractivity contribution in [1.29, 1.82) is 0 Å². The maximum absolute atomic E-state index is 12.2. The molecule has 2 heterocycles. The number of hydrogen-bond donors (Lipinski definition) is 0. The summed E-state index contributed by atoms with van der Waals surface area (Å²) in [6.07, 6.45) is 0. The first-order valence-electron chi connectivity index (χ1n) is 10.6. The summed E-state index contributed by atoms with van der Waals surface area (Å²) in [5.41, 5.74) is 3.71. The summed E-state index contributed by atoms with van der Waals surface area (Å²) in [4.78, 5) is 28.1. The van der Waals surface area contributed by atoms with Crippen molar-refractivity contribution >= 4 is 43.7 Å². The van der Waals surface area contributed by atoms with Gasteiger partial charge in [-0.1, -0.05) is 17.7 Å². The number of nitrogens with zero attached hydrogens (tertiary/aromatic N) is 2. The quantitative estimate of drug-likeness (QED) is 0.537. The monoisotopic (exact) mass is 566 g/mol. The third kappa shape index (κ3) is 6.63. The molecular formula is C24H28Br2N2O4. The van der Waals surface area contributed by atoms with Crippen molar-refractivity contribution in [2.45, 2.75) is 13.8 Å². The van der Waals surface area contributed by atoms with Crippen molar-refractivity contribution in [2.75, 3.05) is 52.6 Å². The van der Waals surface area contributed by atoms with Crippen molar-refractivity contribution in [3.8, 4) is 0 Å². The van der Waals surface area contributed by atoms with Gasteiger partial charge in [-0.05, 0) is 75.5 Å². The number of amides is 2. The Labute approximate surface area is 206 Å². The van der Waals surface area contributed by atoms with Crippen LogP contribution in [0.15, 0.2) is 45.3 Å².